The van der Waals surface area contributed by atoms with E-state index >= 15 is 0 Å². The van der Waals surface area contributed by atoms with Crippen molar-refractivity contribution in [1.29, 1.82) is 0 Å². The molecule has 6 nitrogen and oxygen atoms in total. The Kier molecular flexibility index (Phi) is 5.21. The number of methoxy groups -OCH3 is 1. The van der Waals surface area contributed by atoms with Crippen LogP contribution in [0.4, 0.5) is 11.4 Å². The molecule has 8 heteroatoms. The van der Waals surface area contributed by atoms with Crippen molar-refractivity contribution in [2.45, 2.75) is 6.92 Å². The van der Waals surface area contributed by atoms with E-state index in [4.69, 9.17) is 23.2 Å². The number of halogens is 2. The highest BCUT2D eigenvalue weighted by Crippen LogP contribution is 2.32. The monoisotopic (exact) mass is 404 g/mol. The van der Waals surface area contributed by atoms with Gasteiger partial charge in [0.2, 0.25) is 0 Å². The lowest BCUT2D eigenvalue weighted by atomic mass is 10.2. The van der Waals surface area contributed by atoms with Gasteiger partial charge in [0.1, 0.15) is 10.7 Å². The Labute approximate surface area is 165 Å². The molecule has 0 saturated heterocycles. The van der Waals surface area contributed by atoms with Gasteiger partial charge in [0.05, 0.1) is 18.4 Å². The molecule has 138 valence electrons. The maximum atomic E-state index is 12.8. The highest BCUT2D eigenvalue weighted by Gasteiger charge is 2.39. The van der Waals surface area contributed by atoms with Crippen LogP contribution >= 0.6 is 23.2 Å². The molecule has 1 N–H and O–H groups in total. The number of anilines is 2. The molecular formula is C19H14Cl2N2O4. The Hall–Kier alpha value is -2.83. The minimum Gasteiger partial charge on any atom is -0.465 e. The number of esters is 1. The Morgan fingerprint density at radius 2 is 1.81 bits per heavy atom. The molecule has 27 heavy (non-hydrogen) atoms. The maximum absolute atomic E-state index is 12.8. The molecule has 0 saturated carbocycles. The fraction of sp³-hybridized carbons (Fsp3) is 0.105. The molecule has 1 heterocycles. The number of rotatable bonds is 4. The zero-order chi connectivity index (χ0) is 19.7. The number of benzene rings is 2. The van der Waals surface area contributed by atoms with E-state index < -0.39 is 17.8 Å². The lowest BCUT2D eigenvalue weighted by Crippen LogP contribution is -2.32. The Bertz CT molecular complexity index is 1000. The smallest absolute Gasteiger partial charge is 0.337 e. The SMILES string of the molecule is COC(=O)c1cccc(NC2=C(Cl)C(=O)N(c3ccc(C)c(Cl)c3)C2=O)c1. The number of amides is 2. The summed E-state index contributed by atoms with van der Waals surface area (Å²) in [7, 11) is 1.27. The van der Waals surface area contributed by atoms with Gasteiger partial charge in [-0.2, -0.15) is 0 Å². The third-order valence-corrected chi connectivity index (χ3v) is 4.75. The predicted molar refractivity (Wildman–Crippen MR) is 103 cm³/mol. The third-order valence-electron chi connectivity index (χ3n) is 3.99. The van der Waals surface area contributed by atoms with Crippen molar-refractivity contribution in [2.75, 3.05) is 17.3 Å². The minimum absolute atomic E-state index is 0.0830. The number of carbonyl (C=O) groups excluding carboxylic acids is 3. The van der Waals surface area contributed by atoms with Crippen LogP contribution in [0, 0.1) is 6.92 Å². The molecule has 0 atom stereocenters. The van der Waals surface area contributed by atoms with Crippen molar-refractivity contribution in [3.8, 4) is 0 Å². The van der Waals surface area contributed by atoms with Crippen LogP contribution in [0.25, 0.3) is 0 Å². The van der Waals surface area contributed by atoms with Crippen molar-refractivity contribution < 1.29 is 19.1 Å². The van der Waals surface area contributed by atoms with Gasteiger partial charge in [-0.3, -0.25) is 9.59 Å². The van der Waals surface area contributed by atoms with Crippen LogP contribution in [0.1, 0.15) is 15.9 Å². The number of hydrogen-bond donors (Lipinski definition) is 1. The van der Waals surface area contributed by atoms with Crippen LogP contribution in [-0.2, 0) is 14.3 Å². The molecule has 0 unspecified atom stereocenters. The van der Waals surface area contributed by atoms with Crippen molar-refractivity contribution >= 4 is 52.4 Å². The summed E-state index contributed by atoms with van der Waals surface area (Å²) in [5.74, 6) is -1.80. The average molecular weight is 405 g/mol. The van der Waals surface area contributed by atoms with Crippen LogP contribution in [-0.4, -0.2) is 24.9 Å². The number of carbonyl (C=O) groups is 3. The van der Waals surface area contributed by atoms with Crippen LogP contribution in [0.5, 0.6) is 0 Å². The molecule has 2 aromatic carbocycles. The standard InChI is InChI=1S/C19H14Cl2N2O4/c1-10-6-7-13(9-14(10)20)23-17(24)15(21)16(18(23)25)22-12-5-3-4-11(8-12)19(26)27-2/h3-9,22H,1-2H3. The van der Waals surface area contributed by atoms with E-state index in [1.54, 1.807) is 30.3 Å². The molecule has 0 radical (unpaired) electrons. The highest BCUT2D eigenvalue weighted by molar-refractivity contribution is 6.53. The molecular weight excluding hydrogens is 391 g/mol. The second kappa shape index (κ2) is 7.42. The number of nitrogens with one attached hydrogen (secondary N) is 1. The van der Waals surface area contributed by atoms with E-state index in [0.29, 0.717) is 16.4 Å². The first-order chi connectivity index (χ1) is 12.8. The molecule has 0 fully saturated rings. The van der Waals surface area contributed by atoms with Crippen LogP contribution in [0.2, 0.25) is 5.02 Å². The molecule has 0 bridgehead atoms. The van der Waals surface area contributed by atoms with Crippen LogP contribution in [0.15, 0.2) is 53.2 Å². The van der Waals surface area contributed by atoms with Crippen molar-refractivity contribution in [2.24, 2.45) is 0 Å². The first kappa shape index (κ1) is 18.9. The normalized spacial score (nSPS) is 14.0. The quantitative estimate of drug-likeness (QED) is 0.618. The van der Waals surface area contributed by atoms with E-state index in [1.807, 2.05) is 6.92 Å². The van der Waals surface area contributed by atoms with E-state index in [0.717, 1.165) is 10.5 Å². The summed E-state index contributed by atoms with van der Waals surface area (Å²) < 4.78 is 4.67. The van der Waals surface area contributed by atoms with Gasteiger partial charge in [0.15, 0.2) is 0 Å². The second-order valence-electron chi connectivity index (χ2n) is 5.77. The maximum Gasteiger partial charge on any atom is 0.337 e. The zero-order valence-electron chi connectivity index (χ0n) is 14.4. The molecule has 1 aliphatic rings. The molecule has 3 rings (SSSR count). The number of aryl methyl sites for hydroxylation is 1. The first-order valence-corrected chi connectivity index (χ1v) is 8.59. The van der Waals surface area contributed by atoms with Crippen molar-refractivity contribution in [3.05, 3.63) is 69.3 Å². The summed E-state index contributed by atoms with van der Waals surface area (Å²) in [5, 5.41) is 2.99. The van der Waals surface area contributed by atoms with Gasteiger partial charge in [-0.15, -0.1) is 0 Å². The summed E-state index contributed by atoms with van der Waals surface area (Å²) in [4.78, 5) is 37.9. The van der Waals surface area contributed by atoms with Gasteiger partial charge in [-0.05, 0) is 42.8 Å². The molecule has 0 aliphatic carbocycles. The van der Waals surface area contributed by atoms with Gasteiger partial charge >= 0.3 is 5.97 Å². The van der Waals surface area contributed by atoms with Gasteiger partial charge in [0, 0.05) is 10.7 Å². The number of nitrogens with zero attached hydrogens (tertiary/aromatic N) is 1. The molecule has 1 aliphatic heterocycles. The zero-order valence-corrected chi connectivity index (χ0v) is 15.9. The Balaban J connectivity index is 1.91. The molecule has 0 aromatic heterocycles. The predicted octanol–water partition coefficient (Wildman–Crippen LogP) is 3.87. The lowest BCUT2D eigenvalue weighted by Gasteiger charge is -2.16. The topological polar surface area (TPSA) is 75.7 Å². The van der Waals surface area contributed by atoms with E-state index in [2.05, 4.69) is 10.1 Å². The van der Waals surface area contributed by atoms with Crippen molar-refractivity contribution in [1.82, 2.24) is 0 Å². The van der Waals surface area contributed by atoms with E-state index in [-0.39, 0.29) is 16.3 Å². The summed E-state index contributed by atoms with van der Waals surface area (Å²) in [6, 6.07) is 11.1. The van der Waals surface area contributed by atoms with Crippen LogP contribution in [0.3, 0.4) is 0 Å². The fourth-order valence-electron chi connectivity index (χ4n) is 2.55. The summed E-state index contributed by atoms with van der Waals surface area (Å²) in [6.45, 7) is 1.81. The number of imide groups is 1. The van der Waals surface area contributed by atoms with Crippen molar-refractivity contribution in [3.63, 3.8) is 0 Å². The number of ether oxygens (including phenoxy) is 1. The number of hydrogen-bond acceptors (Lipinski definition) is 5. The third kappa shape index (κ3) is 3.54. The Morgan fingerprint density at radius 3 is 2.48 bits per heavy atom. The minimum atomic E-state index is -0.659. The lowest BCUT2D eigenvalue weighted by molar-refractivity contribution is -0.120. The highest BCUT2D eigenvalue weighted by atomic mass is 35.5. The average Bonchev–Trinajstić information content (AvgIpc) is 2.87. The second-order valence-corrected chi connectivity index (χ2v) is 6.55. The van der Waals surface area contributed by atoms with Gasteiger partial charge in [0.25, 0.3) is 11.8 Å². The first-order valence-electron chi connectivity index (χ1n) is 7.83. The van der Waals surface area contributed by atoms with Gasteiger partial charge in [-0.25, -0.2) is 9.69 Å². The van der Waals surface area contributed by atoms with Crippen LogP contribution < -0.4 is 10.2 Å². The van der Waals surface area contributed by atoms with Gasteiger partial charge in [-0.1, -0.05) is 35.3 Å². The Morgan fingerprint density at radius 1 is 1.07 bits per heavy atom. The molecule has 2 amide bonds. The summed E-state index contributed by atoms with van der Waals surface area (Å²) in [5.41, 5.74) is 1.75. The fourth-order valence-corrected chi connectivity index (χ4v) is 2.94. The molecule has 2 aromatic rings. The van der Waals surface area contributed by atoms with Gasteiger partial charge < -0.3 is 10.1 Å². The van der Waals surface area contributed by atoms with E-state index in [9.17, 15) is 14.4 Å². The summed E-state index contributed by atoms with van der Waals surface area (Å²) >= 11 is 12.2. The largest absolute Gasteiger partial charge is 0.465 e. The molecule has 0 spiro atoms. The van der Waals surface area contributed by atoms with E-state index in [1.165, 1.54) is 19.2 Å². The summed E-state index contributed by atoms with van der Waals surface area (Å²) in [6.07, 6.45) is 0.